The topological polar surface area (TPSA) is 58.6 Å². The lowest BCUT2D eigenvalue weighted by Gasteiger charge is -2.04. The van der Waals surface area contributed by atoms with Crippen molar-refractivity contribution >= 4 is 21.7 Å². The van der Waals surface area contributed by atoms with E-state index in [2.05, 4.69) is 15.0 Å². The minimum atomic E-state index is -0.123. The van der Waals surface area contributed by atoms with Gasteiger partial charge in [0.15, 0.2) is 0 Å². The molecule has 0 aliphatic rings. The zero-order chi connectivity index (χ0) is 14.2. The molecule has 0 amide bonds. The predicted molar refractivity (Wildman–Crippen MR) is 83.1 cm³/mol. The van der Waals surface area contributed by atoms with Crippen LogP contribution in [0.5, 0.6) is 0 Å². The number of nitrogens with one attached hydrogen (secondary N) is 1. The first kappa shape index (κ1) is 11.8. The van der Waals surface area contributed by atoms with Crippen molar-refractivity contribution in [1.82, 2.24) is 15.0 Å². The molecule has 2 aromatic heterocycles. The van der Waals surface area contributed by atoms with Gasteiger partial charge in [-0.25, -0.2) is 4.98 Å². The molecule has 4 rings (SSSR count). The first-order valence-corrected chi connectivity index (χ1v) is 6.64. The molecular weight excluding hydrogens is 262 g/mol. The first-order chi connectivity index (χ1) is 10.3. The van der Waals surface area contributed by atoms with Crippen LogP contribution in [-0.2, 0) is 0 Å². The average molecular weight is 273 g/mol. The van der Waals surface area contributed by atoms with Crippen LogP contribution in [0.3, 0.4) is 0 Å². The van der Waals surface area contributed by atoms with E-state index in [9.17, 15) is 4.79 Å². The molecule has 0 unspecified atom stereocenters. The zero-order valence-corrected chi connectivity index (χ0v) is 11.1. The third-order valence-corrected chi connectivity index (χ3v) is 3.53. The highest BCUT2D eigenvalue weighted by molar-refractivity contribution is 5.86. The van der Waals surface area contributed by atoms with E-state index in [0.29, 0.717) is 16.7 Å². The molecule has 4 nitrogen and oxygen atoms in total. The SMILES string of the molecule is O=c1[nH]c(-c2ccc3ccncc3c2)nc2ccccc12. The molecule has 0 spiro atoms. The minimum absolute atomic E-state index is 0.123. The summed E-state index contributed by atoms with van der Waals surface area (Å²) in [6.45, 7) is 0. The van der Waals surface area contributed by atoms with E-state index >= 15 is 0 Å². The second-order valence-electron chi connectivity index (χ2n) is 4.87. The van der Waals surface area contributed by atoms with Gasteiger partial charge >= 0.3 is 0 Å². The first-order valence-electron chi connectivity index (χ1n) is 6.64. The third kappa shape index (κ3) is 1.97. The molecule has 0 saturated heterocycles. The highest BCUT2D eigenvalue weighted by Gasteiger charge is 2.06. The second kappa shape index (κ2) is 4.52. The Morgan fingerprint density at radius 3 is 2.81 bits per heavy atom. The van der Waals surface area contributed by atoms with Gasteiger partial charge in [0.25, 0.3) is 5.56 Å². The fourth-order valence-electron chi connectivity index (χ4n) is 2.46. The fourth-order valence-corrected chi connectivity index (χ4v) is 2.46. The van der Waals surface area contributed by atoms with E-state index in [4.69, 9.17) is 0 Å². The van der Waals surface area contributed by atoms with Crippen LogP contribution in [0.15, 0.2) is 65.7 Å². The molecule has 2 aromatic carbocycles. The van der Waals surface area contributed by atoms with Gasteiger partial charge in [0, 0.05) is 23.3 Å². The van der Waals surface area contributed by atoms with E-state index in [0.717, 1.165) is 16.3 Å². The maximum absolute atomic E-state index is 12.1. The minimum Gasteiger partial charge on any atom is -0.306 e. The molecule has 0 aliphatic heterocycles. The standard InChI is InChI=1S/C17H11N3O/c21-17-14-3-1-2-4-15(14)19-16(20-17)12-6-5-11-7-8-18-10-13(11)9-12/h1-10H,(H,19,20,21). The number of fused-ring (bicyclic) bond motifs is 2. The Kier molecular flexibility index (Phi) is 2.54. The smallest absolute Gasteiger partial charge is 0.259 e. The van der Waals surface area contributed by atoms with Crippen molar-refractivity contribution in [2.24, 2.45) is 0 Å². The van der Waals surface area contributed by atoms with E-state index < -0.39 is 0 Å². The van der Waals surface area contributed by atoms with Gasteiger partial charge in [-0.2, -0.15) is 0 Å². The van der Waals surface area contributed by atoms with Gasteiger partial charge in [0.05, 0.1) is 10.9 Å². The number of nitrogens with zero attached hydrogens (tertiary/aromatic N) is 2. The summed E-state index contributed by atoms with van der Waals surface area (Å²) in [4.78, 5) is 23.6. The van der Waals surface area contributed by atoms with Crippen LogP contribution in [0.2, 0.25) is 0 Å². The molecule has 0 atom stereocenters. The highest BCUT2D eigenvalue weighted by atomic mass is 16.1. The van der Waals surface area contributed by atoms with Crippen LogP contribution in [0, 0.1) is 0 Å². The number of pyridine rings is 1. The lowest BCUT2D eigenvalue weighted by Crippen LogP contribution is -2.09. The molecule has 4 aromatic rings. The molecule has 0 saturated carbocycles. The molecule has 0 aliphatic carbocycles. The van der Waals surface area contributed by atoms with Gasteiger partial charge in [-0.3, -0.25) is 9.78 Å². The lowest BCUT2D eigenvalue weighted by molar-refractivity contribution is 1.18. The van der Waals surface area contributed by atoms with Crippen molar-refractivity contribution < 1.29 is 0 Å². The monoisotopic (exact) mass is 273 g/mol. The Labute approximate surface area is 120 Å². The van der Waals surface area contributed by atoms with E-state index in [1.165, 1.54) is 0 Å². The van der Waals surface area contributed by atoms with Crippen LogP contribution in [0.4, 0.5) is 0 Å². The van der Waals surface area contributed by atoms with E-state index in [-0.39, 0.29) is 5.56 Å². The van der Waals surface area contributed by atoms with Gasteiger partial charge in [0.1, 0.15) is 5.82 Å². The number of benzene rings is 2. The molecule has 0 bridgehead atoms. The third-order valence-electron chi connectivity index (χ3n) is 3.53. The quantitative estimate of drug-likeness (QED) is 0.579. The summed E-state index contributed by atoms with van der Waals surface area (Å²) in [5.41, 5.74) is 1.45. The van der Waals surface area contributed by atoms with Crippen LogP contribution >= 0.6 is 0 Å². The number of H-pyrrole nitrogens is 1. The summed E-state index contributed by atoms with van der Waals surface area (Å²) in [5.74, 6) is 0.574. The van der Waals surface area contributed by atoms with Crippen LogP contribution in [0.1, 0.15) is 0 Å². The van der Waals surface area contributed by atoms with Gasteiger partial charge in [-0.05, 0) is 29.7 Å². The van der Waals surface area contributed by atoms with Gasteiger partial charge < -0.3 is 4.98 Å². The van der Waals surface area contributed by atoms with Crippen LogP contribution in [0.25, 0.3) is 33.1 Å². The van der Waals surface area contributed by atoms with Crippen LogP contribution < -0.4 is 5.56 Å². The highest BCUT2D eigenvalue weighted by Crippen LogP contribution is 2.21. The summed E-state index contributed by atoms with van der Waals surface area (Å²) < 4.78 is 0. The zero-order valence-electron chi connectivity index (χ0n) is 11.1. The number of hydrogen-bond donors (Lipinski definition) is 1. The summed E-state index contributed by atoms with van der Waals surface area (Å²) in [6, 6.07) is 15.2. The maximum Gasteiger partial charge on any atom is 0.259 e. The van der Waals surface area contributed by atoms with Crippen molar-refractivity contribution in [2.75, 3.05) is 0 Å². The largest absolute Gasteiger partial charge is 0.306 e. The van der Waals surface area contributed by atoms with E-state index in [1.807, 2.05) is 42.5 Å². The summed E-state index contributed by atoms with van der Waals surface area (Å²) in [7, 11) is 0. The van der Waals surface area contributed by atoms with Crippen molar-refractivity contribution in [3.8, 4) is 11.4 Å². The molecule has 0 radical (unpaired) electrons. The van der Waals surface area contributed by atoms with Crippen LogP contribution in [-0.4, -0.2) is 15.0 Å². The van der Waals surface area contributed by atoms with Crippen molar-refractivity contribution in [1.29, 1.82) is 0 Å². The average Bonchev–Trinajstić information content (AvgIpc) is 2.54. The number of aromatic nitrogens is 3. The molecule has 100 valence electrons. The second-order valence-corrected chi connectivity index (χ2v) is 4.87. The van der Waals surface area contributed by atoms with Crippen molar-refractivity contribution in [2.45, 2.75) is 0 Å². The molecule has 0 fully saturated rings. The number of hydrogen-bond acceptors (Lipinski definition) is 3. The Hall–Kier alpha value is -3.01. The Balaban J connectivity index is 1.97. The predicted octanol–water partition coefficient (Wildman–Crippen LogP) is 3.14. The summed E-state index contributed by atoms with van der Waals surface area (Å²) in [5, 5.41) is 2.73. The van der Waals surface area contributed by atoms with E-state index in [1.54, 1.807) is 18.5 Å². The number of rotatable bonds is 1. The lowest BCUT2D eigenvalue weighted by atomic mass is 10.1. The molecular formula is C17H11N3O. The number of para-hydroxylation sites is 1. The maximum atomic E-state index is 12.1. The van der Waals surface area contributed by atoms with Gasteiger partial charge in [-0.1, -0.05) is 24.3 Å². The van der Waals surface area contributed by atoms with Gasteiger partial charge in [0.2, 0.25) is 0 Å². The summed E-state index contributed by atoms with van der Waals surface area (Å²) >= 11 is 0. The normalized spacial score (nSPS) is 11.0. The Bertz CT molecular complexity index is 1020. The Morgan fingerprint density at radius 2 is 1.86 bits per heavy atom. The molecule has 21 heavy (non-hydrogen) atoms. The molecule has 1 N–H and O–H groups in total. The fraction of sp³-hybridized carbons (Fsp3) is 0. The van der Waals surface area contributed by atoms with Crippen molar-refractivity contribution in [3.63, 3.8) is 0 Å². The number of aromatic amines is 1. The molecule has 2 heterocycles. The van der Waals surface area contributed by atoms with Gasteiger partial charge in [-0.15, -0.1) is 0 Å². The van der Waals surface area contributed by atoms with Crippen molar-refractivity contribution in [3.05, 3.63) is 71.3 Å². The Morgan fingerprint density at radius 1 is 0.952 bits per heavy atom. The summed E-state index contributed by atoms with van der Waals surface area (Å²) in [6.07, 6.45) is 3.57. The molecule has 4 heteroatoms.